The van der Waals surface area contributed by atoms with Crippen LogP contribution in [0.15, 0.2) is 24.3 Å². The lowest BCUT2D eigenvalue weighted by Crippen LogP contribution is -2.19. The van der Waals surface area contributed by atoms with Crippen molar-refractivity contribution < 1.29 is 17.3 Å². The molecule has 0 unspecified atom stereocenters. The molecule has 1 fully saturated rings. The molecule has 2 rings (SSSR count). The second kappa shape index (κ2) is 4.94. The average Bonchev–Trinajstić information content (AvgIpc) is 2.64. The number of rotatable bonds is 3. The van der Waals surface area contributed by atoms with Gasteiger partial charge in [-0.15, -0.1) is 0 Å². The molecule has 6 heteroatoms. The van der Waals surface area contributed by atoms with Gasteiger partial charge < -0.3 is 4.74 Å². The second-order valence-electron chi connectivity index (χ2n) is 2.97. The predicted octanol–water partition coefficient (Wildman–Crippen LogP) is 1.71. The van der Waals surface area contributed by atoms with E-state index in [4.69, 9.17) is 24.7 Å². The summed E-state index contributed by atoms with van der Waals surface area (Å²) in [6.45, 7) is 0.605. The molecule has 0 radical (unpaired) electrons. The zero-order chi connectivity index (χ0) is 10.7. The minimum Gasteiger partial charge on any atom is -0.491 e. The summed E-state index contributed by atoms with van der Waals surface area (Å²) in [7, 11) is 0. The molecule has 1 aromatic carbocycles. The van der Waals surface area contributed by atoms with Crippen LogP contribution in [0.1, 0.15) is 0 Å². The van der Waals surface area contributed by atoms with Crippen LogP contribution in [0.5, 0.6) is 5.75 Å². The number of halogens is 1. The van der Waals surface area contributed by atoms with Gasteiger partial charge in [0, 0.05) is 5.02 Å². The molecule has 82 valence electrons. The Morgan fingerprint density at radius 3 is 2.80 bits per heavy atom. The quantitative estimate of drug-likeness (QED) is 0.817. The summed E-state index contributed by atoms with van der Waals surface area (Å²) < 4.78 is 25.7. The van der Waals surface area contributed by atoms with Crippen LogP contribution < -0.4 is 4.74 Å². The molecule has 1 aliphatic heterocycles. The van der Waals surface area contributed by atoms with Crippen molar-refractivity contribution in [3.63, 3.8) is 0 Å². The largest absolute Gasteiger partial charge is 0.491 e. The van der Waals surface area contributed by atoms with Crippen LogP contribution in [-0.2, 0) is 19.7 Å². The van der Waals surface area contributed by atoms with Gasteiger partial charge in [-0.3, -0.25) is 8.37 Å². The van der Waals surface area contributed by atoms with Gasteiger partial charge in [-0.25, -0.2) is 0 Å². The molecule has 0 bridgehead atoms. The first-order valence-corrected chi connectivity index (χ1v) is 5.72. The van der Waals surface area contributed by atoms with Gasteiger partial charge in [0.25, 0.3) is 0 Å². The van der Waals surface area contributed by atoms with Crippen molar-refractivity contribution in [1.29, 1.82) is 0 Å². The number of hydrogen-bond acceptors (Lipinski definition) is 4. The van der Waals surface area contributed by atoms with E-state index in [1.54, 1.807) is 24.3 Å². The topological polar surface area (TPSA) is 44.8 Å². The zero-order valence-electron chi connectivity index (χ0n) is 7.72. The number of hydrogen-bond donors (Lipinski definition) is 0. The fourth-order valence-electron chi connectivity index (χ4n) is 1.09. The molecule has 1 saturated heterocycles. The Kier molecular flexibility index (Phi) is 3.58. The summed E-state index contributed by atoms with van der Waals surface area (Å²) in [6.07, 6.45) is -0.276. The summed E-state index contributed by atoms with van der Waals surface area (Å²) in [5.74, 6) is 0.695. The van der Waals surface area contributed by atoms with Gasteiger partial charge >= 0.3 is 11.4 Å². The molecular weight excluding hydrogens is 240 g/mol. The van der Waals surface area contributed by atoms with Crippen molar-refractivity contribution in [2.45, 2.75) is 6.10 Å². The van der Waals surface area contributed by atoms with E-state index in [-0.39, 0.29) is 6.10 Å². The zero-order valence-corrected chi connectivity index (χ0v) is 9.29. The highest BCUT2D eigenvalue weighted by Gasteiger charge is 2.23. The maximum atomic E-state index is 10.7. The maximum Gasteiger partial charge on any atom is 0.305 e. The Labute approximate surface area is 95.0 Å². The average molecular weight is 249 g/mol. The van der Waals surface area contributed by atoms with E-state index < -0.39 is 11.4 Å². The Balaban J connectivity index is 1.83. The van der Waals surface area contributed by atoms with Crippen LogP contribution in [0.2, 0.25) is 5.02 Å². The van der Waals surface area contributed by atoms with E-state index in [9.17, 15) is 4.21 Å². The molecule has 0 spiro atoms. The molecule has 0 aromatic heterocycles. The molecule has 0 aliphatic carbocycles. The molecule has 2 atom stereocenters. The van der Waals surface area contributed by atoms with Gasteiger partial charge in [0.2, 0.25) is 0 Å². The van der Waals surface area contributed by atoms with Crippen molar-refractivity contribution in [3.05, 3.63) is 29.3 Å². The summed E-state index contributed by atoms with van der Waals surface area (Å²) >= 11 is 4.10. The summed E-state index contributed by atoms with van der Waals surface area (Å²) in [5, 5.41) is 0.656. The van der Waals surface area contributed by atoms with Crippen LogP contribution in [0.25, 0.3) is 0 Å². The SMILES string of the molecule is O=[S@@]1OC[C@@H](COc2ccc(Cl)cc2)O1. The fourth-order valence-corrected chi connectivity index (χ4v) is 1.87. The molecule has 15 heavy (non-hydrogen) atoms. The van der Waals surface area contributed by atoms with E-state index in [0.29, 0.717) is 24.0 Å². The predicted molar refractivity (Wildman–Crippen MR) is 55.9 cm³/mol. The van der Waals surface area contributed by atoms with Crippen molar-refractivity contribution in [1.82, 2.24) is 0 Å². The van der Waals surface area contributed by atoms with Crippen LogP contribution in [0, 0.1) is 0 Å². The Hall–Kier alpha value is -0.620. The van der Waals surface area contributed by atoms with Gasteiger partial charge in [0.1, 0.15) is 18.5 Å². The van der Waals surface area contributed by atoms with Gasteiger partial charge in [0.15, 0.2) is 0 Å². The van der Waals surface area contributed by atoms with Gasteiger partial charge in [-0.2, -0.15) is 4.21 Å². The van der Waals surface area contributed by atoms with E-state index in [2.05, 4.69) is 0 Å². The monoisotopic (exact) mass is 248 g/mol. The molecule has 1 heterocycles. The van der Waals surface area contributed by atoms with Crippen molar-refractivity contribution in [2.24, 2.45) is 0 Å². The maximum absolute atomic E-state index is 10.7. The van der Waals surface area contributed by atoms with Gasteiger partial charge in [-0.05, 0) is 24.3 Å². The highest BCUT2D eigenvalue weighted by Crippen LogP contribution is 2.17. The third-order valence-electron chi connectivity index (χ3n) is 1.81. The van der Waals surface area contributed by atoms with E-state index in [1.165, 1.54) is 0 Å². The Bertz CT molecular complexity index is 354. The molecule has 0 amide bonds. The minimum atomic E-state index is -1.62. The van der Waals surface area contributed by atoms with Crippen molar-refractivity contribution in [2.75, 3.05) is 13.2 Å². The first-order valence-electron chi connectivity index (χ1n) is 4.34. The van der Waals surface area contributed by atoms with Crippen LogP contribution in [-0.4, -0.2) is 23.5 Å². The first kappa shape index (κ1) is 10.9. The Morgan fingerprint density at radius 2 is 2.20 bits per heavy atom. The normalized spacial score (nSPS) is 25.4. The van der Waals surface area contributed by atoms with E-state index in [1.807, 2.05) is 0 Å². The molecule has 0 N–H and O–H groups in total. The lowest BCUT2D eigenvalue weighted by Gasteiger charge is -2.08. The molecular formula is C9H9ClO4S. The van der Waals surface area contributed by atoms with Gasteiger partial charge in [-0.1, -0.05) is 11.6 Å². The van der Waals surface area contributed by atoms with Crippen molar-refractivity contribution in [3.8, 4) is 5.75 Å². The Morgan fingerprint density at radius 1 is 1.47 bits per heavy atom. The summed E-state index contributed by atoms with van der Waals surface area (Å²) in [6, 6.07) is 6.99. The lowest BCUT2D eigenvalue weighted by molar-refractivity contribution is 0.151. The summed E-state index contributed by atoms with van der Waals surface area (Å²) in [4.78, 5) is 0. The highest BCUT2D eigenvalue weighted by molar-refractivity contribution is 7.75. The van der Waals surface area contributed by atoms with Crippen LogP contribution in [0.3, 0.4) is 0 Å². The standard InChI is InChI=1S/C9H9ClO4S/c10-7-1-3-8(4-2-7)12-5-9-6-13-15(11)14-9/h1-4,9H,5-6H2/t9-,15-/m1/s1. The first-order chi connectivity index (χ1) is 7.24. The lowest BCUT2D eigenvalue weighted by atomic mass is 10.3. The third-order valence-corrected chi connectivity index (χ3v) is 2.82. The third kappa shape index (κ3) is 3.17. The van der Waals surface area contributed by atoms with E-state index >= 15 is 0 Å². The van der Waals surface area contributed by atoms with Gasteiger partial charge in [0.05, 0.1) is 6.61 Å². The number of ether oxygens (including phenoxy) is 1. The summed E-state index contributed by atoms with van der Waals surface area (Å²) in [5.41, 5.74) is 0. The molecule has 1 aliphatic rings. The second-order valence-corrected chi connectivity index (χ2v) is 4.24. The van der Waals surface area contributed by atoms with E-state index in [0.717, 1.165) is 0 Å². The molecule has 4 nitrogen and oxygen atoms in total. The minimum absolute atomic E-state index is 0.276. The highest BCUT2D eigenvalue weighted by atomic mass is 35.5. The molecule has 1 aromatic rings. The number of benzene rings is 1. The molecule has 0 saturated carbocycles. The smallest absolute Gasteiger partial charge is 0.305 e. The van der Waals surface area contributed by atoms with Crippen molar-refractivity contribution >= 4 is 23.0 Å². The van der Waals surface area contributed by atoms with Crippen LogP contribution in [0.4, 0.5) is 0 Å². The fraction of sp³-hybridized carbons (Fsp3) is 0.333. The van der Waals surface area contributed by atoms with Crippen LogP contribution >= 0.6 is 11.6 Å².